The largest absolute Gasteiger partial charge is 0.492 e. The Kier molecular flexibility index (Phi) is 6.63. The Balaban J connectivity index is 1.88. The Bertz CT molecular complexity index is 743. The lowest BCUT2D eigenvalue weighted by Crippen LogP contribution is -2.13. The van der Waals surface area contributed by atoms with Crippen LogP contribution < -0.4 is 15.8 Å². The van der Waals surface area contributed by atoms with Crippen molar-refractivity contribution in [2.75, 3.05) is 18.5 Å². The first-order valence-corrected chi connectivity index (χ1v) is 8.19. The van der Waals surface area contributed by atoms with Crippen LogP contribution in [0.4, 0.5) is 18.9 Å². The van der Waals surface area contributed by atoms with Gasteiger partial charge < -0.3 is 15.8 Å². The van der Waals surface area contributed by atoms with Crippen LogP contribution in [0.2, 0.25) is 0 Å². The molecule has 7 heteroatoms. The Labute approximate surface area is 150 Å². The fraction of sp³-hybridized carbons (Fsp3) is 0.316. The van der Waals surface area contributed by atoms with Crippen LogP contribution >= 0.6 is 0 Å². The van der Waals surface area contributed by atoms with Crippen molar-refractivity contribution in [3.8, 4) is 5.75 Å². The number of hydrogen-bond donors (Lipinski definition) is 2. The molecule has 0 aliphatic carbocycles. The zero-order valence-electron chi connectivity index (χ0n) is 14.4. The SMILES string of the molecule is Cc1cc(NC(=O)CCc2ccc(C(F)(F)F)cc2)ccc1OCCN. The quantitative estimate of drug-likeness (QED) is 0.781. The molecule has 0 saturated carbocycles. The van der Waals surface area contributed by atoms with Crippen molar-refractivity contribution < 1.29 is 22.7 Å². The standard InChI is InChI=1S/C19H21F3N2O2/c1-13-12-16(7-8-17(13)26-11-10-23)24-18(25)9-4-14-2-5-15(6-3-14)19(20,21)22/h2-3,5-8,12H,4,9-11,23H2,1H3,(H,24,25). The van der Waals surface area contributed by atoms with Gasteiger partial charge in [0.2, 0.25) is 5.91 Å². The minimum absolute atomic E-state index is 0.176. The van der Waals surface area contributed by atoms with Crippen molar-refractivity contribution in [2.45, 2.75) is 25.9 Å². The Morgan fingerprint density at radius 3 is 2.42 bits per heavy atom. The number of rotatable bonds is 7. The van der Waals surface area contributed by atoms with Crippen molar-refractivity contribution in [3.05, 3.63) is 59.2 Å². The predicted octanol–water partition coefficient (Wildman–Crippen LogP) is 3.92. The van der Waals surface area contributed by atoms with Crippen molar-refractivity contribution in [3.63, 3.8) is 0 Å². The molecule has 4 nitrogen and oxygen atoms in total. The molecule has 0 heterocycles. The number of nitrogens with two attached hydrogens (primary N) is 1. The van der Waals surface area contributed by atoms with Crippen molar-refractivity contribution >= 4 is 11.6 Å². The van der Waals surface area contributed by atoms with E-state index in [1.807, 2.05) is 6.92 Å². The van der Waals surface area contributed by atoms with E-state index in [0.29, 0.717) is 36.6 Å². The van der Waals surface area contributed by atoms with E-state index >= 15 is 0 Å². The highest BCUT2D eigenvalue weighted by Gasteiger charge is 2.29. The van der Waals surface area contributed by atoms with Gasteiger partial charge in [-0.1, -0.05) is 12.1 Å². The van der Waals surface area contributed by atoms with E-state index in [9.17, 15) is 18.0 Å². The van der Waals surface area contributed by atoms with Gasteiger partial charge in [0.15, 0.2) is 0 Å². The number of ether oxygens (including phenoxy) is 1. The Morgan fingerprint density at radius 2 is 1.85 bits per heavy atom. The fourth-order valence-electron chi connectivity index (χ4n) is 2.40. The van der Waals surface area contributed by atoms with Crippen LogP contribution in [-0.2, 0) is 17.4 Å². The molecule has 0 aliphatic rings. The molecule has 0 atom stereocenters. The van der Waals surface area contributed by atoms with Gasteiger partial charge in [0.05, 0.1) is 5.56 Å². The third kappa shape index (κ3) is 5.77. The number of anilines is 1. The molecule has 2 rings (SSSR count). The summed E-state index contributed by atoms with van der Waals surface area (Å²) in [6.45, 7) is 2.70. The van der Waals surface area contributed by atoms with Gasteiger partial charge in [0.1, 0.15) is 12.4 Å². The van der Waals surface area contributed by atoms with E-state index < -0.39 is 11.7 Å². The van der Waals surface area contributed by atoms with Crippen LogP contribution in [0.25, 0.3) is 0 Å². The molecule has 0 saturated heterocycles. The van der Waals surface area contributed by atoms with E-state index in [1.54, 1.807) is 18.2 Å². The zero-order chi connectivity index (χ0) is 19.2. The second-order valence-corrected chi connectivity index (χ2v) is 5.86. The van der Waals surface area contributed by atoms with Crippen LogP contribution in [0.1, 0.15) is 23.1 Å². The Morgan fingerprint density at radius 1 is 1.15 bits per heavy atom. The average Bonchev–Trinajstić information content (AvgIpc) is 2.59. The number of alkyl halides is 3. The second-order valence-electron chi connectivity index (χ2n) is 5.86. The van der Waals surface area contributed by atoms with E-state index in [0.717, 1.165) is 17.7 Å². The number of carbonyl (C=O) groups is 1. The maximum Gasteiger partial charge on any atom is 0.416 e. The lowest BCUT2D eigenvalue weighted by Gasteiger charge is -2.11. The summed E-state index contributed by atoms with van der Waals surface area (Å²) < 4.78 is 43.0. The monoisotopic (exact) mass is 366 g/mol. The molecule has 0 aromatic heterocycles. The number of nitrogens with one attached hydrogen (secondary N) is 1. The number of halogens is 3. The van der Waals surface area contributed by atoms with Crippen molar-refractivity contribution in [2.24, 2.45) is 5.73 Å². The summed E-state index contributed by atoms with van der Waals surface area (Å²) in [7, 11) is 0. The molecule has 2 aromatic carbocycles. The highest BCUT2D eigenvalue weighted by Crippen LogP contribution is 2.29. The summed E-state index contributed by atoms with van der Waals surface area (Å²) in [6, 6.07) is 10.1. The molecule has 140 valence electrons. The summed E-state index contributed by atoms with van der Waals surface area (Å²) in [5.41, 5.74) is 6.89. The molecule has 0 radical (unpaired) electrons. The van der Waals surface area contributed by atoms with Gasteiger partial charge in [-0.3, -0.25) is 4.79 Å². The first-order chi connectivity index (χ1) is 12.3. The first kappa shape index (κ1) is 19.8. The summed E-state index contributed by atoms with van der Waals surface area (Å²) >= 11 is 0. The first-order valence-electron chi connectivity index (χ1n) is 8.19. The van der Waals surface area contributed by atoms with Crippen LogP contribution in [0, 0.1) is 6.92 Å². The third-order valence-corrected chi connectivity index (χ3v) is 3.76. The molecule has 0 unspecified atom stereocenters. The average molecular weight is 366 g/mol. The van der Waals surface area contributed by atoms with Crippen LogP contribution in [0.15, 0.2) is 42.5 Å². The second kappa shape index (κ2) is 8.71. The smallest absolute Gasteiger partial charge is 0.416 e. The van der Waals surface area contributed by atoms with Crippen molar-refractivity contribution in [1.82, 2.24) is 0 Å². The van der Waals surface area contributed by atoms with E-state index in [-0.39, 0.29) is 12.3 Å². The maximum absolute atomic E-state index is 12.5. The van der Waals surface area contributed by atoms with Gasteiger partial charge in [-0.15, -0.1) is 0 Å². The van der Waals surface area contributed by atoms with Crippen LogP contribution in [0.5, 0.6) is 5.75 Å². The van der Waals surface area contributed by atoms with Crippen LogP contribution in [-0.4, -0.2) is 19.1 Å². The summed E-state index contributed by atoms with van der Waals surface area (Å²) in [4.78, 5) is 12.0. The molecule has 0 spiro atoms. The minimum Gasteiger partial charge on any atom is -0.492 e. The fourth-order valence-corrected chi connectivity index (χ4v) is 2.40. The normalized spacial score (nSPS) is 11.3. The van der Waals surface area contributed by atoms with Gasteiger partial charge >= 0.3 is 6.18 Å². The molecular formula is C19H21F3N2O2. The molecular weight excluding hydrogens is 345 g/mol. The van der Waals surface area contributed by atoms with Gasteiger partial charge in [-0.2, -0.15) is 13.2 Å². The Hall–Kier alpha value is -2.54. The minimum atomic E-state index is -4.35. The molecule has 0 fully saturated rings. The summed E-state index contributed by atoms with van der Waals surface area (Å²) in [5, 5.41) is 2.77. The molecule has 0 bridgehead atoms. The van der Waals surface area contributed by atoms with E-state index in [2.05, 4.69) is 5.32 Å². The lowest BCUT2D eigenvalue weighted by atomic mass is 10.1. The van der Waals surface area contributed by atoms with Gasteiger partial charge in [-0.25, -0.2) is 0 Å². The van der Waals surface area contributed by atoms with Gasteiger partial charge in [0.25, 0.3) is 0 Å². The highest BCUT2D eigenvalue weighted by molar-refractivity contribution is 5.91. The molecule has 26 heavy (non-hydrogen) atoms. The molecule has 3 N–H and O–H groups in total. The molecule has 2 aromatic rings. The van der Waals surface area contributed by atoms with E-state index in [1.165, 1.54) is 12.1 Å². The topological polar surface area (TPSA) is 64.3 Å². The lowest BCUT2D eigenvalue weighted by molar-refractivity contribution is -0.137. The summed E-state index contributed by atoms with van der Waals surface area (Å²) in [6.07, 6.45) is -3.82. The van der Waals surface area contributed by atoms with Crippen molar-refractivity contribution in [1.29, 1.82) is 0 Å². The number of hydrogen-bond acceptors (Lipinski definition) is 3. The number of aryl methyl sites for hydroxylation is 2. The highest BCUT2D eigenvalue weighted by atomic mass is 19.4. The summed E-state index contributed by atoms with van der Waals surface area (Å²) in [5.74, 6) is 0.498. The third-order valence-electron chi connectivity index (χ3n) is 3.76. The van der Waals surface area contributed by atoms with Gasteiger partial charge in [-0.05, 0) is 54.8 Å². The number of benzene rings is 2. The number of amides is 1. The van der Waals surface area contributed by atoms with Crippen LogP contribution in [0.3, 0.4) is 0 Å². The maximum atomic E-state index is 12.5. The van der Waals surface area contributed by atoms with Gasteiger partial charge in [0, 0.05) is 18.7 Å². The predicted molar refractivity (Wildman–Crippen MR) is 94.1 cm³/mol. The molecule has 0 aliphatic heterocycles. The van der Waals surface area contributed by atoms with E-state index in [4.69, 9.17) is 10.5 Å². The zero-order valence-corrected chi connectivity index (χ0v) is 14.4. The molecule has 1 amide bonds. The number of carbonyl (C=O) groups excluding carboxylic acids is 1.